The lowest BCUT2D eigenvalue weighted by Gasteiger charge is -2.13. The third-order valence-electron chi connectivity index (χ3n) is 3.93. The Labute approximate surface area is 127 Å². The molecule has 0 bridgehead atoms. The molecule has 2 aromatic rings. The highest BCUT2D eigenvalue weighted by molar-refractivity contribution is 6.35. The van der Waals surface area contributed by atoms with Crippen molar-refractivity contribution in [1.29, 1.82) is 0 Å². The number of rotatable bonds is 7. The minimum atomic E-state index is 0.753. The van der Waals surface area contributed by atoms with Crippen molar-refractivity contribution in [3.63, 3.8) is 0 Å². The fraction of sp³-hybridized carbons (Fsp3) is 0.444. The molecule has 2 heteroatoms. The maximum absolute atomic E-state index is 6.27. The molecule has 1 nitrogen and oxygen atoms in total. The van der Waals surface area contributed by atoms with E-state index in [9.17, 15) is 0 Å². The molecule has 108 valence electrons. The van der Waals surface area contributed by atoms with Gasteiger partial charge in [0.2, 0.25) is 0 Å². The van der Waals surface area contributed by atoms with Crippen LogP contribution in [0.4, 0.5) is 0 Å². The molecule has 0 saturated heterocycles. The van der Waals surface area contributed by atoms with Crippen LogP contribution in [-0.4, -0.2) is 13.1 Å². The zero-order chi connectivity index (χ0) is 14.4. The molecule has 0 radical (unpaired) electrons. The topological polar surface area (TPSA) is 12.0 Å². The lowest BCUT2D eigenvalue weighted by Crippen LogP contribution is -2.16. The molecule has 1 atom stereocenters. The summed E-state index contributed by atoms with van der Waals surface area (Å²) in [6.07, 6.45) is 3.61. The molecular formula is C18H24ClN. The molecule has 0 aromatic heterocycles. The van der Waals surface area contributed by atoms with Gasteiger partial charge in [0.15, 0.2) is 0 Å². The van der Waals surface area contributed by atoms with Crippen molar-refractivity contribution in [2.75, 3.05) is 13.1 Å². The quantitative estimate of drug-likeness (QED) is 0.702. The van der Waals surface area contributed by atoms with E-state index in [1.807, 2.05) is 6.07 Å². The van der Waals surface area contributed by atoms with E-state index in [1.54, 1.807) is 0 Å². The van der Waals surface area contributed by atoms with Gasteiger partial charge < -0.3 is 5.32 Å². The first-order chi connectivity index (χ1) is 9.72. The molecule has 0 fully saturated rings. The smallest absolute Gasteiger partial charge is 0.0484 e. The molecule has 2 aromatic carbocycles. The van der Waals surface area contributed by atoms with E-state index in [4.69, 9.17) is 11.6 Å². The standard InChI is InChI=1S/C18H24ClN/c1-3-20-13-12-14(2)8-9-15-10-11-18(19)17-7-5-4-6-16(15)17/h4-7,10-11,14,20H,3,8-9,12-13H2,1-2H3. The normalized spacial score (nSPS) is 12.8. The lowest BCUT2D eigenvalue weighted by atomic mass is 9.95. The average Bonchev–Trinajstić information content (AvgIpc) is 2.47. The van der Waals surface area contributed by atoms with Crippen molar-refractivity contribution in [2.45, 2.75) is 33.1 Å². The zero-order valence-electron chi connectivity index (χ0n) is 12.5. The minimum Gasteiger partial charge on any atom is -0.317 e. The van der Waals surface area contributed by atoms with E-state index >= 15 is 0 Å². The first-order valence-electron chi connectivity index (χ1n) is 7.59. The Hall–Kier alpha value is -1.05. The van der Waals surface area contributed by atoms with Gasteiger partial charge in [-0.15, -0.1) is 0 Å². The minimum absolute atomic E-state index is 0.753. The number of nitrogens with one attached hydrogen (secondary N) is 1. The maximum Gasteiger partial charge on any atom is 0.0484 e. The van der Waals surface area contributed by atoms with Crippen molar-refractivity contribution in [3.05, 3.63) is 47.0 Å². The number of hydrogen-bond acceptors (Lipinski definition) is 1. The van der Waals surface area contributed by atoms with Gasteiger partial charge in [0.05, 0.1) is 0 Å². The number of halogens is 1. The summed E-state index contributed by atoms with van der Waals surface area (Å²) in [6.45, 7) is 6.69. The Morgan fingerprint density at radius 2 is 1.80 bits per heavy atom. The Bertz CT molecular complexity index is 550. The van der Waals surface area contributed by atoms with Gasteiger partial charge in [0.25, 0.3) is 0 Å². The lowest BCUT2D eigenvalue weighted by molar-refractivity contribution is 0.475. The third kappa shape index (κ3) is 3.97. The van der Waals surface area contributed by atoms with Crippen LogP contribution in [0.2, 0.25) is 5.02 Å². The highest BCUT2D eigenvalue weighted by atomic mass is 35.5. The third-order valence-corrected chi connectivity index (χ3v) is 4.26. The summed E-state index contributed by atoms with van der Waals surface area (Å²) in [7, 11) is 0. The van der Waals surface area contributed by atoms with E-state index in [2.05, 4.69) is 49.5 Å². The van der Waals surface area contributed by atoms with Gasteiger partial charge in [-0.2, -0.15) is 0 Å². The van der Waals surface area contributed by atoms with Crippen LogP contribution >= 0.6 is 11.6 Å². The van der Waals surface area contributed by atoms with Crippen molar-refractivity contribution in [2.24, 2.45) is 5.92 Å². The monoisotopic (exact) mass is 289 g/mol. The van der Waals surface area contributed by atoms with E-state index in [0.29, 0.717) is 0 Å². The Morgan fingerprint density at radius 1 is 1.05 bits per heavy atom. The Kier molecular flexibility index (Phi) is 5.87. The first kappa shape index (κ1) is 15.3. The van der Waals surface area contributed by atoms with Crippen molar-refractivity contribution >= 4 is 22.4 Å². The highest BCUT2D eigenvalue weighted by Crippen LogP contribution is 2.27. The summed E-state index contributed by atoms with van der Waals surface area (Å²) in [4.78, 5) is 0. The summed E-state index contributed by atoms with van der Waals surface area (Å²) in [5, 5.41) is 6.73. The van der Waals surface area contributed by atoms with Crippen molar-refractivity contribution in [3.8, 4) is 0 Å². The highest BCUT2D eigenvalue weighted by Gasteiger charge is 2.07. The molecule has 0 aliphatic rings. The van der Waals surface area contributed by atoms with Crippen LogP contribution in [0.1, 0.15) is 32.3 Å². The Morgan fingerprint density at radius 3 is 2.55 bits per heavy atom. The summed E-state index contributed by atoms with van der Waals surface area (Å²) < 4.78 is 0. The summed E-state index contributed by atoms with van der Waals surface area (Å²) in [5.74, 6) is 0.753. The molecule has 20 heavy (non-hydrogen) atoms. The second-order valence-corrected chi connectivity index (χ2v) is 5.95. The van der Waals surface area contributed by atoms with Gasteiger partial charge in [-0.1, -0.05) is 55.8 Å². The van der Waals surface area contributed by atoms with E-state index in [0.717, 1.165) is 30.5 Å². The van der Waals surface area contributed by atoms with Crippen LogP contribution in [-0.2, 0) is 6.42 Å². The number of hydrogen-bond donors (Lipinski definition) is 1. The fourth-order valence-corrected chi connectivity index (χ4v) is 2.84. The molecule has 2 rings (SSSR count). The Balaban J connectivity index is 2.01. The molecule has 0 aliphatic carbocycles. The predicted octanol–water partition coefficient (Wildman–Crippen LogP) is 5.06. The van der Waals surface area contributed by atoms with Gasteiger partial charge in [0.1, 0.15) is 0 Å². The van der Waals surface area contributed by atoms with Crippen molar-refractivity contribution < 1.29 is 0 Å². The van der Waals surface area contributed by atoms with E-state index in [-0.39, 0.29) is 0 Å². The second kappa shape index (κ2) is 7.66. The molecule has 0 heterocycles. The van der Waals surface area contributed by atoms with Gasteiger partial charge in [-0.25, -0.2) is 0 Å². The SMILES string of the molecule is CCNCCC(C)CCc1ccc(Cl)c2ccccc12. The largest absolute Gasteiger partial charge is 0.317 e. The number of fused-ring (bicyclic) bond motifs is 1. The zero-order valence-corrected chi connectivity index (χ0v) is 13.2. The summed E-state index contributed by atoms with van der Waals surface area (Å²) in [6, 6.07) is 12.6. The van der Waals surface area contributed by atoms with Gasteiger partial charge in [-0.05, 0) is 55.3 Å². The molecule has 0 spiro atoms. The van der Waals surface area contributed by atoms with Crippen LogP contribution in [0.15, 0.2) is 36.4 Å². The van der Waals surface area contributed by atoms with Gasteiger partial charge in [0, 0.05) is 10.4 Å². The van der Waals surface area contributed by atoms with Gasteiger partial charge >= 0.3 is 0 Å². The van der Waals surface area contributed by atoms with Crippen LogP contribution in [0.25, 0.3) is 10.8 Å². The van der Waals surface area contributed by atoms with Crippen LogP contribution in [0, 0.1) is 5.92 Å². The first-order valence-corrected chi connectivity index (χ1v) is 7.97. The molecular weight excluding hydrogens is 266 g/mol. The summed E-state index contributed by atoms with van der Waals surface area (Å²) in [5.41, 5.74) is 1.42. The molecule has 1 N–H and O–H groups in total. The van der Waals surface area contributed by atoms with Crippen LogP contribution in [0.3, 0.4) is 0 Å². The van der Waals surface area contributed by atoms with Crippen LogP contribution in [0.5, 0.6) is 0 Å². The molecule has 1 unspecified atom stereocenters. The van der Waals surface area contributed by atoms with E-state index < -0.39 is 0 Å². The van der Waals surface area contributed by atoms with Gasteiger partial charge in [-0.3, -0.25) is 0 Å². The van der Waals surface area contributed by atoms with Crippen molar-refractivity contribution in [1.82, 2.24) is 5.32 Å². The molecule has 0 amide bonds. The van der Waals surface area contributed by atoms with E-state index in [1.165, 1.54) is 29.2 Å². The number of aryl methyl sites for hydroxylation is 1. The second-order valence-electron chi connectivity index (χ2n) is 5.54. The summed E-state index contributed by atoms with van der Waals surface area (Å²) >= 11 is 6.27. The molecule has 0 saturated carbocycles. The molecule has 0 aliphatic heterocycles. The maximum atomic E-state index is 6.27. The number of benzene rings is 2. The average molecular weight is 290 g/mol. The predicted molar refractivity (Wildman–Crippen MR) is 89.6 cm³/mol. The van der Waals surface area contributed by atoms with Crippen LogP contribution < -0.4 is 5.32 Å². The fourth-order valence-electron chi connectivity index (χ4n) is 2.61.